The van der Waals surface area contributed by atoms with Crippen LogP contribution in [0.25, 0.3) is 5.82 Å². The Morgan fingerprint density at radius 3 is 2.87 bits per heavy atom. The number of hydrogen-bond acceptors (Lipinski definition) is 6. The van der Waals surface area contributed by atoms with Crippen LogP contribution in [0.3, 0.4) is 0 Å². The van der Waals surface area contributed by atoms with Gasteiger partial charge in [0.05, 0.1) is 5.69 Å². The summed E-state index contributed by atoms with van der Waals surface area (Å²) in [6, 6.07) is 1.83. The van der Waals surface area contributed by atoms with Gasteiger partial charge in [0, 0.05) is 13.0 Å². The number of aliphatic hydroxyl groups excluding tert-OH is 1. The van der Waals surface area contributed by atoms with Crippen LogP contribution in [-0.2, 0) is 6.42 Å². The van der Waals surface area contributed by atoms with Crippen molar-refractivity contribution in [3.8, 4) is 5.82 Å². The lowest BCUT2D eigenvalue weighted by Gasteiger charge is -2.03. The quantitative estimate of drug-likeness (QED) is 0.713. The second-order valence-corrected chi connectivity index (χ2v) is 3.06. The van der Waals surface area contributed by atoms with Crippen LogP contribution in [0.2, 0.25) is 0 Å². The normalized spacial score (nSPS) is 10.5. The summed E-state index contributed by atoms with van der Waals surface area (Å²) in [5, 5.41) is 27.5. The first-order valence-electron chi connectivity index (χ1n) is 4.48. The largest absolute Gasteiger partial charge is 0.396 e. The van der Waals surface area contributed by atoms with Crippen LogP contribution in [0.1, 0.15) is 11.3 Å². The van der Waals surface area contributed by atoms with Crippen molar-refractivity contribution in [1.82, 2.24) is 30.4 Å². The molecule has 78 valence electrons. The highest BCUT2D eigenvalue weighted by atomic mass is 16.3. The summed E-state index contributed by atoms with van der Waals surface area (Å²) in [5.41, 5.74) is 1.75. The van der Waals surface area contributed by atoms with Crippen LogP contribution in [0.5, 0.6) is 0 Å². The van der Waals surface area contributed by atoms with Gasteiger partial charge in [0.2, 0.25) is 0 Å². The Morgan fingerprint density at radius 2 is 2.27 bits per heavy atom. The van der Waals surface area contributed by atoms with Crippen LogP contribution < -0.4 is 0 Å². The average molecular weight is 206 g/mol. The van der Waals surface area contributed by atoms with Gasteiger partial charge in [0.25, 0.3) is 0 Å². The molecule has 0 aliphatic carbocycles. The van der Waals surface area contributed by atoms with E-state index in [9.17, 15) is 0 Å². The summed E-state index contributed by atoms with van der Waals surface area (Å²) in [4.78, 5) is 0. The average Bonchev–Trinajstić information content (AvgIpc) is 2.74. The summed E-state index contributed by atoms with van der Waals surface area (Å²) in [5.74, 6) is 0.569. The van der Waals surface area contributed by atoms with Crippen molar-refractivity contribution in [2.24, 2.45) is 0 Å². The maximum absolute atomic E-state index is 8.79. The van der Waals surface area contributed by atoms with Crippen LogP contribution in [-0.4, -0.2) is 42.1 Å². The zero-order chi connectivity index (χ0) is 10.7. The fraction of sp³-hybridized carbons (Fsp3) is 0.375. The highest BCUT2D eigenvalue weighted by molar-refractivity contribution is 5.27. The molecule has 2 aromatic heterocycles. The van der Waals surface area contributed by atoms with E-state index in [1.807, 2.05) is 13.0 Å². The van der Waals surface area contributed by atoms with Gasteiger partial charge < -0.3 is 5.11 Å². The Kier molecular flexibility index (Phi) is 2.64. The molecule has 7 nitrogen and oxygen atoms in total. The molecule has 0 bridgehead atoms. The second-order valence-electron chi connectivity index (χ2n) is 3.06. The Morgan fingerprint density at radius 1 is 1.40 bits per heavy atom. The van der Waals surface area contributed by atoms with Crippen molar-refractivity contribution >= 4 is 0 Å². The van der Waals surface area contributed by atoms with Crippen LogP contribution in [0, 0.1) is 6.92 Å². The lowest BCUT2D eigenvalue weighted by Crippen LogP contribution is -2.06. The summed E-state index contributed by atoms with van der Waals surface area (Å²) < 4.78 is 1.43. The highest BCUT2D eigenvalue weighted by Gasteiger charge is 2.05. The van der Waals surface area contributed by atoms with Crippen molar-refractivity contribution in [3.05, 3.63) is 23.7 Å². The topological polar surface area (TPSA) is 89.6 Å². The molecule has 0 unspecified atom stereocenters. The van der Waals surface area contributed by atoms with Gasteiger partial charge in [-0.2, -0.15) is 9.78 Å². The lowest BCUT2D eigenvalue weighted by molar-refractivity contribution is 0.297. The molecule has 0 aliphatic rings. The summed E-state index contributed by atoms with van der Waals surface area (Å²) >= 11 is 0. The molecule has 0 aromatic carbocycles. The second kappa shape index (κ2) is 4.09. The first-order chi connectivity index (χ1) is 7.31. The number of hydrogen-bond donors (Lipinski definition) is 1. The minimum atomic E-state index is 0.0692. The van der Waals surface area contributed by atoms with Gasteiger partial charge in [0.1, 0.15) is 6.33 Å². The van der Waals surface area contributed by atoms with Crippen molar-refractivity contribution in [2.45, 2.75) is 13.3 Å². The van der Waals surface area contributed by atoms with Gasteiger partial charge in [-0.05, 0) is 29.0 Å². The first kappa shape index (κ1) is 9.66. The third-order valence-electron chi connectivity index (χ3n) is 2.01. The van der Waals surface area contributed by atoms with E-state index in [0.29, 0.717) is 12.2 Å². The zero-order valence-corrected chi connectivity index (χ0v) is 8.20. The number of aliphatic hydroxyl groups is 1. The molecule has 1 N–H and O–H groups in total. The molecular formula is C8H10N6O. The SMILES string of the molecule is Cc1cc(-n2cnnn2)nnc1CCO. The predicted molar refractivity (Wildman–Crippen MR) is 50.3 cm³/mol. The summed E-state index contributed by atoms with van der Waals surface area (Å²) in [6.45, 7) is 1.98. The standard InChI is InChI=1S/C8H10N6O/c1-6-4-8(14-5-9-12-13-14)11-10-7(6)2-3-15/h4-5,15H,2-3H2,1H3. The molecule has 0 saturated heterocycles. The number of tetrazole rings is 1. The van der Waals surface area contributed by atoms with Crippen LogP contribution >= 0.6 is 0 Å². The van der Waals surface area contributed by atoms with E-state index in [4.69, 9.17) is 5.11 Å². The molecule has 2 heterocycles. The maximum Gasteiger partial charge on any atom is 0.179 e. The molecule has 2 rings (SSSR count). The first-order valence-corrected chi connectivity index (χ1v) is 4.48. The maximum atomic E-state index is 8.79. The molecule has 0 radical (unpaired) electrons. The molecule has 0 atom stereocenters. The molecular weight excluding hydrogens is 196 g/mol. The van der Waals surface area contributed by atoms with Gasteiger partial charge in [-0.1, -0.05) is 0 Å². The van der Waals surface area contributed by atoms with Crippen LogP contribution in [0.15, 0.2) is 12.4 Å². The van der Waals surface area contributed by atoms with Crippen molar-refractivity contribution in [2.75, 3.05) is 6.61 Å². The summed E-state index contributed by atoms with van der Waals surface area (Å²) in [7, 11) is 0. The van der Waals surface area contributed by atoms with Gasteiger partial charge in [-0.25, -0.2) is 0 Å². The van der Waals surface area contributed by atoms with E-state index in [2.05, 4.69) is 25.7 Å². The van der Waals surface area contributed by atoms with Crippen LogP contribution in [0.4, 0.5) is 0 Å². The van der Waals surface area contributed by atoms with E-state index in [1.54, 1.807) is 0 Å². The minimum absolute atomic E-state index is 0.0692. The van der Waals surface area contributed by atoms with E-state index >= 15 is 0 Å². The Balaban J connectivity index is 2.33. The van der Waals surface area contributed by atoms with Gasteiger partial charge in [-0.3, -0.25) is 0 Å². The Labute approximate surface area is 85.8 Å². The molecule has 0 spiro atoms. The monoisotopic (exact) mass is 206 g/mol. The van der Waals surface area contributed by atoms with Gasteiger partial charge >= 0.3 is 0 Å². The Bertz CT molecular complexity index is 440. The third-order valence-corrected chi connectivity index (χ3v) is 2.01. The van der Waals surface area contributed by atoms with Crippen molar-refractivity contribution in [3.63, 3.8) is 0 Å². The minimum Gasteiger partial charge on any atom is -0.396 e. The Hall–Kier alpha value is -1.89. The van der Waals surface area contributed by atoms with E-state index in [0.717, 1.165) is 11.3 Å². The molecule has 7 heteroatoms. The number of aromatic nitrogens is 6. The number of aryl methyl sites for hydroxylation is 1. The fourth-order valence-electron chi connectivity index (χ4n) is 1.23. The van der Waals surface area contributed by atoms with E-state index in [1.165, 1.54) is 11.0 Å². The van der Waals surface area contributed by atoms with E-state index in [-0.39, 0.29) is 6.61 Å². The predicted octanol–water partition coefficient (Wildman–Crippen LogP) is -0.704. The summed E-state index contributed by atoms with van der Waals surface area (Å²) in [6.07, 6.45) is 1.96. The van der Waals surface area contributed by atoms with E-state index < -0.39 is 0 Å². The molecule has 0 fully saturated rings. The van der Waals surface area contributed by atoms with Gasteiger partial charge in [-0.15, -0.1) is 10.2 Å². The number of nitrogens with zero attached hydrogens (tertiary/aromatic N) is 6. The van der Waals surface area contributed by atoms with Crippen molar-refractivity contribution < 1.29 is 5.11 Å². The van der Waals surface area contributed by atoms with Gasteiger partial charge in [0.15, 0.2) is 5.82 Å². The third kappa shape index (κ3) is 1.96. The molecule has 15 heavy (non-hydrogen) atoms. The molecule has 2 aromatic rings. The lowest BCUT2D eigenvalue weighted by atomic mass is 10.2. The zero-order valence-electron chi connectivity index (χ0n) is 8.20. The smallest absolute Gasteiger partial charge is 0.179 e. The van der Waals surface area contributed by atoms with Crippen molar-refractivity contribution in [1.29, 1.82) is 0 Å². The number of rotatable bonds is 3. The molecule has 0 aliphatic heterocycles. The molecule has 0 amide bonds. The fourth-order valence-corrected chi connectivity index (χ4v) is 1.23. The molecule has 0 saturated carbocycles. The highest BCUT2D eigenvalue weighted by Crippen LogP contribution is 2.07.